The number of nitrogens with one attached hydrogen (secondary N) is 1. The van der Waals surface area contributed by atoms with Gasteiger partial charge in [0.05, 0.1) is 17.7 Å². The molecule has 0 aliphatic carbocycles. The zero-order valence-electron chi connectivity index (χ0n) is 10.7. The smallest absolute Gasteiger partial charge is 0.215 e. The lowest BCUT2D eigenvalue weighted by atomic mass is 10.2. The summed E-state index contributed by atoms with van der Waals surface area (Å²) in [6, 6.07) is 8.00. The fourth-order valence-corrected chi connectivity index (χ4v) is 2.07. The molecule has 1 aromatic carbocycles. The zero-order valence-corrected chi connectivity index (χ0v) is 11.4. The first kappa shape index (κ1) is 12.9. The van der Waals surface area contributed by atoms with Gasteiger partial charge in [-0.1, -0.05) is 11.6 Å². The van der Waals surface area contributed by atoms with Gasteiger partial charge < -0.3 is 9.72 Å². The first-order chi connectivity index (χ1) is 9.67. The van der Waals surface area contributed by atoms with E-state index in [1.165, 1.54) is 6.07 Å². The summed E-state index contributed by atoms with van der Waals surface area (Å²) < 4.78 is 19.2. The number of pyridine rings is 1. The van der Waals surface area contributed by atoms with Crippen LogP contribution in [0.3, 0.4) is 0 Å². The number of H-pyrrole nitrogens is 1. The Morgan fingerprint density at radius 2 is 2.10 bits per heavy atom. The standard InChI is InChI=1S/C14H11ClFN3O/c1-2-20-12-6-5-11-14(18-12)19-13(17-11)9-4-3-8(15)7-10(9)16/h3-7H,2H2,1H3,(H,17,18,19). The Balaban J connectivity index is 2.08. The largest absolute Gasteiger partial charge is 0.478 e. The minimum Gasteiger partial charge on any atom is -0.478 e. The molecule has 0 aliphatic rings. The van der Waals surface area contributed by atoms with E-state index in [9.17, 15) is 4.39 Å². The molecule has 0 fully saturated rings. The van der Waals surface area contributed by atoms with Crippen LogP contribution in [0.2, 0.25) is 5.02 Å². The minimum atomic E-state index is -0.429. The van der Waals surface area contributed by atoms with Crippen molar-refractivity contribution in [3.05, 3.63) is 41.2 Å². The number of hydrogen-bond acceptors (Lipinski definition) is 3. The topological polar surface area (TPSA) is 50.8 Å². The van der Waals surface area contributed by atoms with Crippen molar-refractivity contribution in [1.82, 2.24) is 15.0 Å². The molecule has 102 valence electrons. The third-order valence-electron chi connectivity index (χ3n) is 2.80. The predicted octanol–water partition coefficient (Wildman–Crippen LogP) is 3.82. The average Bonchev–Trinajstić information content (AvgIpc) is 2.81. The highest BCUT2D eigenvalue weighted by molar-refractivity contribution is 6.30. The molecule has 0 aliphatic heterocycles. The van der Waals surface area contributed by atoms with Crippen molar-refractivity contribution in [1.29, 1.82) is 0 Å². The second kappa shape index (κ2) is 5.09. The van der Waals surface area contributed by atoms with Crippen LogP contribution in [0.25, 0.3) is 22.6 Å². The van der Waals surface area contributed by atoms with E-state index in [1.807, 2.05) is 6.92 Å². The van der Waals surface area contributed by atoms with Gasteiger partial charge in [-0.25, -0.2) is 9.37 Å². The Hall–Kier alpha value is -2.14. The van der Waals surface area contributed by atoms with E-state index in [-0.39, 0.29) is 0 Å². The number of imidazole rings is 1. The SMILES string of the molecule is CCOc1ccc2[nH]c(-c3ccc(Cl)cc3F)nc2n1. The van der Waals surface area contributed by atoms with Gasteiger partial charge in [-0.3, -0.25) is 0 Å². The van der Waals surface area contributed by atoms with Crippen LogP contribution >= 0.6 is 11.6 Å². The molecule has 0 radical (unpaired) electrons. The summed E-state index contributed by atoms with van der Waals surface area (Å²) in [6.07, 6.45) is 0. The molecule has 0 unspecified atom stereocenters. The van der Waals surface area contributed by atoms with E-state index in [1.54, 1.807) is 24.3 Å². The Kier molecular flexibility index (Phi) is 3.28. The van der Waals surface area contributed by atoms with E-state index in [2.05, 4.69) is 15.0 Å². The highest BCUT2D eigenvalue weighted by atomic mass is 35.5. The maximum absolute atomic E-state index is 13.9. The summed E-state index contributed by atoms with van der Waals surface area (Å²) in [6.45, 7) is 2.41. The van der Waals surface area contributed by atoms with Crippen LogP contribution in [0.15, 0.2) is 30.3 Å². The molecule has 0 saturated heterocycles. The van der Waals surface area contributed by atoms with Crippen molar-refractivity contribution in [2.24, 2.45) is 0 Å². The highest BCUT2D eigenvalue weighted by Crippen LogP contribution is 2.25. The molecule has 1 N–H and O–H groups in total. The second-order valence-electron chi connectivity index (χ2n) is 4.16. The molecule has 3 rings (SSSR count). The van der Waals surface area contributed by atoms with Crippen LogP contribution < -0.4 is 4.74 Å². The van der Waals surface area contributed by atoms with Gasteiger partial charge in [-0.05, 0) is 31.2 Å². The lowest BCUT2D eigenvalue weighted by Crippen LogP contribution is -1.93. The molecular weight excluding hydrogens is 281 g/mol. The fraction of sp³-hybridized carbons (Fsp3) is 0.143. The lowest BCUT2D eigenvalue weighted by Gasteiger charge is -1.99. The summed E-state index contributed by atoms with van der Waals surface area (Å²) in [5.41, 5.74) is 1.56. The van der Waals surface area contributed by atoms with Crippen LogP contribution in [-0.4, -0.2) is 21.6 Å². The van der Waals surface area contributed by atoms with Crippen molar-refractivity contribution in [3.63, 3.8) is 0 Å². The van der Waals surface area contributed by atoms with Crippen molar-refractivity contribution in [3.8, 4) is 17.3 Å². The van der Waals surface area contributed by atoms with Crippen molar-refractivity contribution in [2.75, 3.05) is 6.61 Å². The van der Waals surface area contributed by atoms with Gasteiger partial charge in [-0.15, -0.1) is 0 Å². The van der Waals surface area contributed by atoms with E-state index >= 15 is 0 Å². The minimum absolute atomic E-state index is 0.346. The number of nitrogens with zero attached hydrogens (tertiary/aromatic N) is 2. The number of halogens is 2. The Labute approximate surface area is 119 Å². The van der Waals surface area contributed by atoms with Gasteiger partial charge in [0.2, 0.25) is 5.88 Å². The monoisotopic (exact) mass is 291 g/mol. The maximum atomic E-state index is 13.9. The van der Waals surface area contributed by atoms with Gasteiger partial charge in [0.25, 0.3) is 0 Å². The zero-order chi connectivity index (χ0) is 14.1. The first-order valence-electron chi connectivity index (χ1n) is 6.12. The number of rotatable bonds is 3. The number of hydrogen-bond donors (Lipinski definition) is 1. The highest BCUT2D eigenvalue weighted by Gasteiger charge is 2.11. The van der Waals surface area contributed by atoms with Gasteiger partial charge >= 0.3 is 0 Å². The van der Waals surface area contributed by atoms with E-state index in [4.69, 9.17) is 16.3 Å². The molecule has 20 heavy (non-hydrogen) atoms. The van der Waals surface area contributed by atoms with E-state index in [0.717, 1.165) is 5.52 Å². The molecular formula is C14H11ClFN3O. The third-order valence-corrected chi connectivity index (χ3v) is 3.03. The number of benzene rings is 1. The number of fused-ring (bicyclic) bond motifs is 1. The molecule has 3 aromatic rings. The predicted molar refractivity (Wildman–Crippen MR) is 75.5 cm³/mol. The Morgan fingerprint density at radius 1 is 1.25 bits per heavy atom. The number of aromatic nitrogens is 3. The van der Waals surface area contributed by atoms with Crippen molar-refractivity contribution < 1.29 is 9.13 Å². The molecule has 0 amide bonds. The normalized spacial score (nSPS) is 10.9. The van der Waals surface area contributed by atoms with E-state index < -0.39 is 5.82 Å². The second-order valence-corrected chi connectivity index (χ2v) is 4.60. The number of aromatic amines is 1. The van der Waals surface area contributed by atoms with Crippen LogP contribution in [0, 0.1) is 5.82 Å². The Bertz CT molecular complexity index is 772. The molecule has 2 heterocycles. The summed E-state index contributed by atoms with van der Waals surface area (Å²) in [5.74, 6) is 0.478. The van der Waals surface area contributed by atoms with E-state index in [0.29, 0.717) is 34.5 Å². The van der Waals surface area contributed by atoms with Gasteiger partial charge in [0.1, 0.15) is 11.6 Å². The molecule has 0 spiro atoms. The molecule has 4 nitrogen and oxygen atoms in total. The molecule has 0 atom stereocenters. The first-order valence-corrected chi connectivity index (χ1v) is 6.50. The summed E-state index contributed by atoms with van der Waals surface area (Å²) in [7, 11) is 0. The third kappa shape index (κ3) is 2.32. The van der Waals surface area contributed by atoms with Crippen LogP contribution in [0.4, 0.5) is 4.39 Å². The fourth-order valence-electron chi connectivity index (χ4n) is 1.91. The van der Waals surface area contributed by atoms with Gasteiger partial charge in [0.15, 0.2) is 5.65 Å². The van der Waals surface area contributed by atoms with Crippen molar-refractivity contribution in [2.45, 2.75) is 6.92 Å². The summed E-state index contributed by atoms with van der Waals surface area (Å²) in [5, 5.41) is 0.346. The average molecular weight is 292 g/mol. The van der Waals surface area contributed by atoms with Gasteiger partial charge in [0, 0.05) is 11.1 Å². The lowest BCUT2D eigenvalue weighted by molar-refractivity contribution is 0.328. The summed E-state index contributed by atoms with van der Waals surface area (Å²) in [4.78, 5) is 11.6. The Morgan fingerprint density at radius 3 is 2.85 bits per heavy atom. The molecule has 6 heteroatoms. The van der Waals surface area contributed by atoms with Crippen LogP contribution in [0.1, 0.15) is 6.92 Å². The number of ether oxygens (including phenoxy) is 1. The molecule has 0 bridgehead atoms. The van der Waals surface area contributed by atoms with Crippen LogP contribution in [-0.2, 0) is 0 Å². The molecule has 2 aromatic heterocycles. The van der Waals surface area contributed by atoms with Crippen LogP contribution in [0.5, 0.6) is 5.88 Å². The van der Waals surface area contributed by atoms with Gasteiger partial charge in [-0.2, -0.15) is 4.98 Å². The summed E-state index contributed by atoms with van der Waals surface area (Å²) >= 11 is 5.74. The quantitative estimate of drug-likeness (QED) is 0.798. The maximum Gasteiger partial charge on any atom is 0.215 e. The van der Waals surface area contributed by atoms with Crippen molar-refractivity contribution >= 4 is 22.8 Å². The molecule has 0 saturated carbocycles.